The van der Waals surface area contributed by atoms with Crippen LogP contribution in [0.4, 0.5) is 10.5 Å². The molecule has 0 bridgehead atoms. The molecule has 1 heterocycles. The number of nitrogens with one attached hydrogen (secondary N) is 1. The fourth-order valence-corrected chi connectivity index (χ4v) is 2.53. The van der Waals surface area contributed by atoms with E-state index in [1.165, 1.54) is 17.4 Å². The zero-order valence-corrected chi connectivity index (χ0v) is 13.0. The highest BCUT2D eigenvalue weighted by atomic mass is 32.1. The maximum atomic E-state index is 11.8. The third kappa shape index (κ3) is 4.54. The summed E-state index contributed by atoms with van der Waals surface area (Å²) in [5.74, 6) is -0.209. The van der Waals surface area contributed by atoms with Crippen LogP contribution in [0.25, 0.3) is 10.2 Å². The standard InChI is InChI=1S/C14H16N4O3S/c1-18(2)7-3-4-12(19)16-9-5-6-10-11(8-9)22-14(17-10)21-13(15)20/h3-6,8H,7H2,1-2H3,(H2,15,20)(H,16,19). The number of likely N-dealkylation sites (N-methyl/N-ethyl adjacent to an activating group) is 1. The van der Waals surface area contributed by atoms with Crippen molar-refractivity contribution in [2.24, 2.45) is 5.73 Å². The van der Waals surface area contributed by atoms with Crippen molar-refractivity contribution in [2.75, 3.05) is 26.0 Å². The molecule has 3 N–H and O–H groups in total. The van der Waals surface area contributed by atoms with Crippen LogP contribution in [0.3, 0.4) is 0 Å². The number of anilines is 1. The minimum Gasteiger partial charge on any atom is -0.381 e. The number of nitrogens with two attached hydrogens (primary N) is 1. The molecule has 0 spiro atoms. The zero-order valence-electron chi connectivity index (χ0n) is 12.2. The lowest BCUT2D eigenvalue weighted by molar-refractivity contribution is -0.111. The number of primary amides is 1. The number of nitrogens with zero attached hydrogens (tertiary/aromatic N) is 2. The summed E-state index contributed by atoms with van der Waals surface area (Å²) in [4.78, 5) is 28.5. The molecule has 0 atom stereocenters. The smallest absolute Gasteiger partial charge is 0.381 e. The van der Waals surface area contributed by atoms with Crippen LogP contribution >= 0.6 is 11.3 Å². The molecule has 2 amide bonds. The van der Waals surface area contributed by atoms with Crippen molar-refractivity contribution in [2.45, 2.75) is 0 Å². The van der Waals surface area contributed by atoms with Gasteiger partial charge in [-0.3, -0.25) is 4.79 Å². The Bertz CT molecular complexity index is 724. The fraction of sp³-hybridized carbons (Fsp3) is 0.214. The lowest BCUT2D eigenvalue weighted by atomic mass is 10.3. The lowest BCUT2D eigenvalue weighted by Gasteiger charge is -2.04. The summed E-state index contributed by atoms with van der Waals surface area (Å²) >= 11 is 1.18. The van der Waals surface area contributed by atoms with Gasteiger partial charge in [0.05, 0.1) is 10.2 Å². The minimum absolute atomic E-state index is 0.178. The molecule has 0 radical (unpaired) electrons. The number of thiazole rings is 1. The molecule has 8 heteroatoms. The van der Waals surface area contributed by atoms with E-state index in [1.807, 2.05) is 19.0 Å². The summed E-state index contributed by atoms with van der Waals surface area (Å²) in [5, 5.41) is 2.94. The molecule has 0 saturated carbocycles. The van der Waals surface area contributed by atoms with E-state index in [0.717, 1.165) is 4.70 Å². The minimum atomic E-state index is -0.904. The highest BCUT2D eigenvalue weighted by Crippen LogP contribution is 2.29. The number of hydrogen-bond donors (Lipinski definition) is 2. The zero-order chi connectivity index (χ0) is 16.1. The van der Waals surface area contributed by atoms with Gasteiger partial charge < -0.3 is 20.7 Å². The summed E-state index contributed by atoms with van der Waals surface area (Å²) in [7, 11) is 3.84. The molecule has 0 aliphatic rings. The fourth-order valence-electron chi connectivity index (χ4n) is 1.67. The SMILES string of the molecule is CN(C)CC=CC(=O)Nc1ccc2nc(OC(N)=O)sc2c1. The molecule has 2 rings (SSSR count). The maximum Gasteiger partial charge on any atom is 0.411 e. The van der Waals surface area contributed by atoms with Crippen LogP contribution in [0, 0.1) is 0 Å². The molecule has 0 unspecified atom stereocenters. The highest BCUT2D eigenvalue weighted by Gasteiger charge is 2.08. The maximum absolute atomic E-state index is 11.8. The molecule has 0 aliphatic carbocycles. The monoisotopic (exact) mass is 320 g/mol. The number of carbonyl (C=O) groups excluding carboxylic acids is 2. The van der Waals surface area contributed by atoms with Crippen molar-refractivity contribution in [1.82, 2.24) is 9.88 Å². The average molecular weight is 320 g/mol. The Kier molecular flexibility index (Phi) is 5.08. The molecule has 22 heavy (non-hydrogen) atoms. The van der Waals surface area contributed by atoms with E-state index in [2.05, 4.69) is 10.3 Å². The molecular formula is C14H16N4O3S. The largest absolute Gasteiger partial charge is 0.411 e. The summed E-state index contributed by atoms with van der Waals surface area (Å²) in [6, 6.07) is 5.23. The second kappa shape index (κ2) is 7.01. The summed E-state index contributed by atoms with van der Waals surface area (Å²) < 4.78 is 5.52. The lowest BCUT2D eigenvalue weighted by Crippen LogP contribution is -2.15. The number of ether oxygens (including phenoxy) is 1. The van der Waals surface area contributed by atoms with Crippen molar-refractivity contribution in [3.63, 3.8) is 0 Å². The van der Waals surface area contributed by atoms with Crippen LogP contribution < -0.4 is 15.8 Å². The van der Waals surface area contributed by atoms with E-state index in [-0.39, 0.29) is 11.1 Å². The van der Waals surface area contributed by atoms with E-state index in [1.54, 1.807) is 24.3 Å². The van der Waals surface area contributed by atoms with Gasteiger partial charge in [-0.25, -0.2) is 9.78 Å². The summed E-state index contributed by atoms with van der Waals surface area (Å²) in [6.45, 7) is 0.690. The number of benzene rings is 1. The van der Waals surface area contributed by atoms with Crippen molar-refractivity contribution >= 4 is 39.2 Å². The van der Waals surface area contributed by atoms with Gasteiger partial charge in [0, 0.05) is 18.3 Å². The van der Waals surface area contributed by atoms with Gasteiger partial charge in [-0.1, -0.05) is 17.4 Å². The van der Waals surface area contributed by atoms with Crippen LogP contribution in [-0.2, 0) is 4.79 Å². The number of aromatic nitrogens is 1. The molecule has 0 aliphatic heterocycles. The van der Waals surface area contributed by atoms with Gasteiger partial charge in [-0.2, -0.15) is 0 Å². The van der Waals surface area contributed by atoms with E-state index >= 15 is 0 Å². The first-order valence-corrected chi connectivity index (χ1v) is 7.26. The number of rotatable bonds is 5. The van der Waals surface area contributed by atoms with E-state index in [0.29, 0.717) is 17.7 Å². The predicted octanol–water partition coefficient (Wildman–Crippen LogP) is 1.81. The topological polar surface area (TPSA) is 97.6 Å². The van der Waals surface area contributed by atoms with Crippen molar-refractivity contribution in [3.05, 3.63) is 30.4 Å². The summed E-state index contributed by atoms with van der Waals surface area (Å²) in [6.07, 6.45) is 2.36. The van der Waals surface area contributed by atoms with Crippen LogP contribution in [0.1, 0.15) is 0 Å². The normalized spacial score (nSPS) is 11.2. The van der Waals surface area contributed by atoms with Gasteiger partial charge in [0.1, 0.15) is 0 Å². The van der Waals surface area contributed by atoms with Gasteiger partial charge in [-0.05, 0) is 32.3 Å². The molecule has 116 valence electrons. The Balaban J connectivity index is 2.07. The van der Waals surface area contributed by atoms with Crippen LogP contribution in [0.2, 0.25) is 0 Å². The van der Waals surface area contributed by atoms with Crippen molar-refractivity contribution in [1.29, 1.82) is 0 Å². The van der Waals surface area contributed by atoms with Crippen molar-refractivity contribution in [3.8, 4) is 5.19 Å². The average Bonchev–Trinajstić information content (AvgIpc) is 2.78. The Labute approximate surface area is 131 Å². The number of fused-ring (bicyclic) bond motifs is 1. The molecule has 2 aromatic rings. The predicted molar refractivity (Wildman–Crippen MR) is 86.2 cm³/mol. The van der Waals surface area contributed by atoms with Gasteiger partial charge in [0.25, 0.3) is 5.19 Å². The Morgan fingerprint density at radius 3 is 2.91 bits per heavy atom. The van der Waals surface area contributed by atoms with Gasteiger partial charge in [0.2, 0.25) is 5.91 Å². The van der Waals surface area contributed by atoms with E-state index in [9.17, 15) is 9.59 Å². The quantitative estimate of drug-likeness (QED) is 0.819. The third-order valence-corrected chi connectivity index (χ3v) is 3.46. The van der Waals surface area contributed by atoms with Gasteiger partial charge in [-0.15, -0.1) is 0 Å². The highest BCUT2D eigenvalue weighted by molar-refractivity contribution is 7.20. The first kappa shape index (κ1) is 15.9. The van der Waals surface area contributed by atoms with Crippen LogP contribution in [-0.4, -0.2) is 42.5 Å². The Morgan fingerprint density at radius 1 is 1.45 bits per heavy atom. The Morgan fingerprint density at radius 2 is 2.23 bits per heavy atom. The first-order valence-electron chi connectivity index (χ1n) is 6.44. The van der Waals surface area contributed by atoms with E-state index in [4.69, 9.17) is 10.5 Å². The molecule has 7 nitrogen and oxygen atoms in total. The number of hydrogen-bond acceptors (Lipinski definition) is 6. The molecule has 0 saturated heterocycles. The first-order chi connectivity index (χ1) is 10.4. The Hall–Kier alpha value is -2.45. The van der Waals surface area contributed by atoms with Crippen LogP contribution in [0.5, 0.6) is 5.19 Å². The summed E-state index contributed by atoms with van der Waals surface area (Å²) in [5.41, 5.74) is 6.26. The second-order valence-electron chi connectivity index (χ2n) is 4.74. The number of carbonyl (C=O) groups is 2. The van der Waals surface area contributed by atoms with Crippen molar-refractivity contribution < 1.29 is 14.3 Å². The molecule has 1 aromatic carbocycles. The number of amides is 2. The van der Waals surface area contributed by atoms with Gasteiger partial charge >= 0.3 is 6.09 Å². The molecular weight excluding hydrogens is 304 g/mol. The van der Waals surface area contributed by atoms with Crippen LogP contribution in [0.15, 0.2) is 30.4 Å². The van der Waals surface area contributed by atoms with E-state index < -0.39 is 6.09 Å². The second-order valence-corrected chi connectivity index (χ2v) is 5.73. The van der Waals surface area contributed by atoms with Gasteiger partial charge in [0.15, 0.2) is 0 Å². The molecule has 1 aromatic heterocycles. The third-order valence-electron chi connectivity index (χ3n) is 2.56. The molecule has 0 fully saturated rings.